The van der Waals surface area contributed by atoms with Gasteiger partial charge < -0.3 is 19.8 Å². The molecule has 0 radical (unpaired) electrons. The van der Waals surface area contributed by atoms with E-state index in [1.807, 2.05) is 16.8 Å². The lowest BCUT2D eigenvalue weighted by Gasteiger charge is -2.28. The van der Waals surface area contributed by atoms with Gasteiger partial charge in [-0.05, 0) is 12.1 Å². The highest BCUT2D eigenvalue weighted by Gasteiger charge is 2.12. The first-order chi connectivity index (χ1) is 8.38. The topological polar surface area (TPSA) is 55.8 Å². The quantitative estimate of drug-likeness (QED) is 0.825. The Hall–Kier alpha value is -1.59. The first-order valence-corrected chi connectivity index (χ1v) is 5.87. The van der Waals surface area contributed by atoms with Crippen LogP contribution in [0.15, 0.2) is 24.5 Å². The van der Waals surface area contributed by atoms with Crippen LogP contribution in [0.5, 0.6) is 0 Å². The molecule has 2 aromatic heterocycles. The Labute approximate surface area is 99.8 Å². The van der Waals surface area contributed by atoms with Gasteiger partial charge in [-0.3, -0.25) is 0 Å². The maximum absolute atomic E-state index is 5.63. The van der Waals surface area contributed by atoms with Gasteiger partial charge in [-0.25, -0.2) is 4.98 Å². The summed E-state index contributed by atoms with van der Waals surface area (Å²) in [7, 11) is 0. The second-order valence-corrected chi connectivity index (χ2v) is 4.16. The molecule has 0 bridgehead atoms. The van der Waals surface area contributed by atoms with E-state index in [-0.39, 0.29) is 0 Å². The van der Waals surface area contributed by atoms with Crippen molar-refractivity contribution in [3.63, 3.8) is 0 Å². The number of nitrogens with two attached hydrogens (primary N) is 1. The third-order valence-electron chi connectivity index (χ3n) is 3.15. The van der Waals surface area contributed by atoms with Crippen molar-refractivity contribution in [2.75, 3.05) is 31.2 Å². The minimum Gasteiger partial charge on any atom is -0.378 e. The van der Waals surface area contributed by atoms with Crippen LogP contribution in [0, 0.1) is 0 Å². The van der Waals surface area contributed by atoms with Crippen molar-refractivity contribution in [1.29, 1.82) is 0 Å². The maximum Gasteiger partial charge on any atom is 0.127 e. The number of anilines is 1. The summed E-state index contributed by atoms with van der Waals surface area (Å²) >= 11 is 0. The molecule has 1 aliphatic heterocycles. The van der Waals surface area contributed by atoms with Gasteiger partial charge in [0.1, 0.15) is 5.82 Å². The monoisotopic (exact) mass is 232 g/mol. The molecule has 2 aromatic rings. The molecular weight excluding hydrogens is 216 g/mol. The standard InChI is InChI=1S/C12H16N4O/c13-8-12-14-9-11-7-10(1-2-16(11)12)15-3-5-17-6-4-15/h1-2,7,9H,3-6,8,13H2. The van der Waals surface area contributed by atoms with Crippen LogP contribution < -0.4 is 10.6 Å². The molecule has 0 atom stereocenters. The van der Waals surface area contributed by atoms with Gasteiger partial charge >= 0.3 is 0 Å². The van der Waals surface area contributed by atoms with E-state index in [9.17, 15) is 0 Å². The van der Waals surface area contributed by atoms with E-state index in [1.165, 1.54) is 5.69 Å². The summed E-state index contributed by atoms with van der Waals surface area (Å²) in [6, 6.07) is 4.26. The zero-order chi connectivity index (χ0) is 11.7. The Kier molecular flexibility index (Phi) is 2.70. The third-order valence-corrected chi connectivity index (χ3v) is 3.15. The predicted molar refractivity (Wildman–Crippen MR) is 66.1 cm³/mol. The van der Waals surface area contributed by atoms with Crippen LogP contribution in [-0.4, -0.2) is 35.7 Å². The third kappa shape index (κ3) is 1.87. The lowest BCUT2D eigenvalue weighted by atomic mass is 10.3. The second kappa shape index (κ2) is 4.35. The van der Waals surface area contributed by atoms with Crippen LogP contribution >= 0.6 is 0 Å². The lowest BCUT2D eigenvalue weighted by molar-refractivity contribution is 0.122. The molecule has 5 nitrogen and oxygen atoms in total. The molecule has 1 saturated heterocycles. The summed E-state index contributed by atoms with van der Waals surface area (Å²) < 4.78 is 7.39. The highest BCUT2D eigenvalue weighted by molar-refractivity contribution is 5.59. The van der Waals surface area contributed by atoms with Gasteiger partial charge in [0.15, 0.2) is 0 Å². The SMILES string of the molecule is NCc1ncc2cc(N3CCOCC3)ccn12. The number of pyridine rings is 1. The molecule has 0 amide bonds. The molecule has 5 heteroatoms. The number of aromatic nitrogens is 2. The number of morpholine rings is 1. The van der Waals surface area contributed by atoms with Gasteiger partial charge in [-0.1, -0.05) is 0 Å². The molecule has 0 aliphatic carbocycles. The molecule has 3 rings (SSSR count). The summed E-state index contributed by atoms with van der Waals surface area (Å²) in [6.45, 7) is 3.98. The predicted octanol–water partition coefficient (Wildman–Crippen LogP) is 0.630. The van der Waals surface area contributed by atoms with Crippen molar-refractivity contribution in [2.45, 2.75) is 6.54 Å². The Morgan fingerprint density at radius 1 is 1.35 bits per heavy atom. The van der Waals surface area contributed by atoms with Gasteiger partial charge in [-0.15, -0.1) is 0 Å². The number of hydrogen-bond donors (Lipinski definition) is 1. The van der Waals surface area contributed by atoms with Gasteiger partial charge in [0.05, 0.1) is 31.5 Å². The average Bonchev–Trinajstić information content (AvgIpc) is 2.81. The molecule has 0 saturated carbocycles. The number of imidazole rings is 1. The molecule has 1 fully saturated rings. The van der Waals surface area contributed by atoms with E-state index in [1.54, 1.807) is 0 Å². The van der Waals surface area contributed by atoms with E-state index in [0.717, 1.165) is 37.6 Å². The zero-order valence-corrected chi connectivity index (χ0v) is 9.67. The smallest absolute Gasteiger partial charge is 0.127 e. The molecular formula is C12H16N4O. The van der Waals surface area contributed by atoms with E-state index < -0.39 is 0 Å². The van der Waals surface area contributed by atoms with Crippen molar-refractivity contribution in [3.8, 4) is 0 Å². The van der Waals surface area contributed by atoms with Gasteiger partial charge in [0.2, 0.25) is 0 Å². The molecule has 90 valence electrons. The summed E-state index contributed by atoms with van der Waals surface area (Å²) in [6.07, 6.45) is 3.90. The van der Waals surface area contributed by atoms with E-state index in [2.05, 4.69) is 22.0 Å². The number of rotatable bonds is 2. The van der Waals surface area contributed by atoms with Crippen molar-refractivity contribution in [2.24, 2.45) is 5.73 Å². The minimum absolute atomic E-state index is 0.463. The fraction of sp³-hybridized carbons (Fsp3) is 0.417. The van der Waals surface area contributed by atoms with Crippen molar-refractivity contribution < 1.29 is 4.74 Å². The molecule has 0 spiro atoms. The summed E-state index contributed by atoms with van der Waals surface area (Å²) in [5, 5.41) is 0. The van der Waals surface area contributed by atoms with Crippen molar-refractivity contribution in [3.05, 3.63) is 30.4 Å². The van der Waals surface area contributed by atoms with Crippen LogP contribution in [0.3, 0.4) is 0 Å². The Bertz CT molecular complexity index is 516. The number of hydrogen-bond acceptors (Lipinski definition) is 4. The van der Waals surface area contributed by atoms with E-state index >= 15 is 0 Å². The molecule has 2 N–H and O–H groups in total. The molecule has 17 heavy (non-hydrogen) atoms. The van der Waals surface area contributed by atoms with E-state index in [0.29, 0.717) is 6.54 Å². The normalized spacial score (nSPS) is 16.6. The Balaban J connectivity index is 1.95. The van der Waals surface area contributed by atoms with Gasteiger partial charge in [-0.2, -0.15) is 0 Å². The highest BCUT2D eigenvalue weighted by Crippen LogP contribution is 2.19. The van der Waals surface area contributed by atoms with Crippen LogP contribution in [0.2, 0.25) is 0 Å². The first-order valence-electron chi connectivity index (χ1n) is 5.87. The van der Waals surface area contributed by atoms with Crippen LogP contribution in [0.25, 0.3) is 5.52 Å². The van der Waals surface area contributed by atoms with E-state index in [4.69, 9.17) is 10.5 Å². The summed E-state index contributed by atoms with van der Waals surface area (Å²) in [5.41, 5.74) is 7.95. The number of nitrogens with zero attached hydrogens (tertiary/aromatic N) is 3. The largest absolute Gasteiger partial charge is 0.378 e. The first kappa shape index (κ1) is 10.6. The van der Waals surface area contributed by atoms with Crippen LogP contribution in [0.1, 0.15) is 5.82 Å². The number of fused-ring (bicyclic) bond motifs is 1. The van der Waals surface area contributed by atoms with Gasteiger partial charge in [0, 0.05) is 25.0 Å². The average molecular weight is 232 g/mol. The molecule has 3 heterocycles. The second-order valence-electron chi connectivity index (χ2n) is 4.16. The van der Waals surface area contributed by atoms with Crippen molar-refractivity contribution in [1.82, 2.24) is 9.38 Å². The molecule has 0 unspecified atom stereocenters. The summed E-state index contributed by atoms with van der Waals surface area (Å²) in [4.78, 5) is 6.63. The van der Waals surface area contributed by atoms with Crippen LogP contribution in [0.4, 0.5) is 5.69 Å². The Morgan fingerprint density at radius 3 is 2.94 bits per heavy atom. The lowest BCUT2D eigenvalue weighted by Crippen LogP contribution is -2.36. The number of ether oxygens (including phenoxy) is 1. The molecule has 0 aromatic carbocycles. The fourth-order valence-corrected chi connectivity index (χ4v) is 2.21. The fourth-order valence-electron chi connectivity index (χ4n) is 2.21. The molecule has 1 aliphatic rings. The van der Waals surface area contributed by atoms with Crippen molar-refractivity contribution >= 4 is 11.2 Å². The minimum atomic E-state index is 0.463. The zero-order valence-electron chi connectivity index (χ0n) is 9.67. The van der Waals surface area contributed by atoms with Crippen LogP contribution in [-0.2, 0) is 11.3 Å². The Morgan fingerprint density at radius 2 is 2.18 bits per heavy atom. The summed E-state index contributed by atoms with van der Waals surface area (Å²) in [5.74, 6) is 0.897. The maximum atomic E-state index is 5.63. The van der Waals surface area contributed by atoms with Gasteiger partial charge in [0.25, 0.3) is 0 Å². The highest BCUT2D eigenvalue weighted by atomic mass is 16.5.